The van der Waals surface area contributed by atoms with Crippen LogP contribution in [0.25, 0.3) is 0 Å². The van der Waals surface area contributed by atoms with Crippen molar-refractivity contribution in [2.45, 2.75) is 77.3 Å². The first kappa shape index (κ1) is 27.6. The van der Waals surface area contributed by atoms with Crippen molar-refractivity contribution >= 4 is 11.4 Å². The van der Waals surface area contributed by atoms with E-state index >= 15 is 0 Å². The molecule has 3 saturated carbocycles. The van der Waals surface area contributed by atoms with Crippen molar-refractivity contribution in [1.82, 2.24) is 9.80 Å². The van der Waals surface area contributed by atoms with Crippen LogP contribution in [0, 0.1) is 54.7 Å². The third-order valence-corrected chi connectivity index (χ3v) is 12.4. The highest BCUT2D eigenvalue weighted by Crippen LogP contribution is 2.68. The van der Waals surface area contributed by atoms with Gasteiger partial charge in [0.2, 0.25) is 0 Å². The highest BCUT2D eigenvalue weighted by Gasteiger charge is 2.64. The number of non-ortho nitro benzene ring substituents is 1. The Kier molecular flexibility index (Phi) is 6.97. The minimum atomic E-state index is -0.632. The Hall–Kier alpha value is -2.52. The molecular weight excluding hydrogens is 508 g/mol. The lowest BCUT2D eigenvalue weighted by Crippen LogP contribution is -2.52. The summed E-state index contributed by atoms with van der Waals surface area (Å²) in [6, 6.07) is 4.71. The number of nitrogens with zero attached hydrogens (tertiary/aromatic N) is 4. The predicted octanol–water partition coefficient (Wildman–Crippen LogP) is 6.08. The summed E-state index contributed by atoms with van der Waals surface area (Å²) in [6.45, 7) is 7.27. The van der Waals surface area contributed by atoms with Gasteiger partial charge in [0.25, 0.3) is 5.69 Å². The van der Waals surface area contributed by atoms with Gasteiger partial charge in [-0.3, -0.25) is 25.1 Å². The lowest BCUT2D eigenvalue weighted by molar-refractivity contribution is -0.394. The average Bonchev–Trinajstić information content (AvgIpc) is 3.41. The second kappa shape index (κ2) is 10.1. The van der Waals surface area contributed by atoms with E-state index in [1.165, 1.54) is 57.2 Å². The van der Waals surface area contributed by atoms with E-state index in [2.05, 4.69) is 43.8 Å². The molecule has 1 aliphatic heterocycles. The van der Waals surface area contributed by atoms with Gasteiger partial charge >= 0.3 is 5.69 Å². The van der Waals surface area contributed by atoms with Crippen LogP contribution in [0.15, 0.2) is 29.8 Å². The smallest absolute Gasteiger partial charge is 0.317 e. The van der Waals surface area contributed by atoms with Gasteiger partial charge in [0.05, 0.1) is 15.9 Å². The summed E-state index contributed by atoms with van der Waals surface area (Å²) in [6.07, 6.45) is 13.0. The van der Waals surface area contributed by atoms with E-state index in [0.29, 0.717) is 30.0 Å². The second-order valence-electron chi connectivity index (χ2n) is 13.8. The zero-order valence-corrected chi connectivity index (χ0v) is 24.4. The van der Waals surface area contributed by atoms with E-state index in [1.807, 2.05) is 0 Å². The lowest BCUT2D eigenvalue weighted by Gasteiger charge is -2.58. The molecule has 9 nitrogen and oxygen atoms in total. The third kappa shape index (κ3) is 4.26. The molecule has 0 bridgehead atoms. The Morgan fingerprint density at radius 3 is 2.60 bits per heavy atom. The summed E-state index contributed by atoms with van der Waals surface area (Å²) in [7, 11) is 4.46. The number of fused-ring (bicyclic) bond motifs is 4. The number of benzene rings is 1. The van der Waals surface area contributed by atoms with Crippen LogP contribution in [0.1, 0.15) is 65.2 Å². The van der Waals surface area contributed by atoms with Gasteiger partial charge < -0.3 is 9.64 Å². The maximum absolute atomic E-state index is 11.4. The molecule has 0 N–H and O–H groups in total. The Labute approximate surface area is 237 Å². The molecule has 8 atom stereocenters. The maximum Gasteiger partial charge on any atom is 0.317 e. The second-order valence-corrected chi connectivity index (χ2v) is 13.8. The largest absolute Gasteiger partial charge is 0.485 e. The molecule has 9 heteroatoms. The SMILES string of the molecule is C[C@H]1[C@H]2CC[C@H]3[C@@H]4CC=C5C[C@@H](N(C)CCOc6ccc([N+](=O)[O-])cc6[N+](=O)[O-])CC[C@]5(C)[C@H]4CC[C@]23CN1C. The molecule has 1 heterocycles. The molecule has 1 aromatic rings. The van der Waals surface area contributed by atoms with Crippen LogP contribution >= 0.6 is 0 Å². The summed E-state index contributed by atoms with van der Waals surface area (Å²) in [5, 5.41) is 22.4. The van der Waals surface area contributed by atoms with E-state index in [-0.39, 0.29) is 17.1 Å². The number of nitro groups is 2. The molecule has 40 heavy (non-hydrogen) atoms. The van der Waals surface area contributed by atoms with Gasteiger partial charge in [0, 0.05) is 31.2 Å². The third-order valence-electron chi connectivity index (χ3n) is 12.4. The highest BCUT2D eigenvalue weighted by atomic mass is 16.6. The lowest BCUT2D eigenvalue weighted by atomic mass is 9.47. The van der Waals surface area contributed by atoms with Gasteiger partial charge in [-0.25, -0.2) is 0 Å². The fourth-order valence-electron chi connectivity index (χ4n) is 10.2. The van der Waals surface area contributed by atoms with E-state index < -0.39 is 9.85 Å². The number of likely N-dealkylation sites (tertiary alicyclic amines) is 1. The van der Waals surface area contributed by atoms with Gasteiger partial charge in [0.1, 0.15) is 6.61 Å². The van der Waals surface area contributed by atoms with Crippen molar-refractivity contribution in [2.75, 3.05) is 33.8 Å². The molecule has 0 amide bonds. The molecule has 4 aliphatic carbocycles. The molecular formula is C31H44N4O5. The molecule has 1 spiro atoms. The molecule has 218 valence electrons. The van der Waals surface area contributed by atoms with Gasteiger partial charge in [-0.2, -0.15) is 0 Å². The first-order chi connectivity index (χ1) is 19.0. The summed E-state index contributed by atoms with van der Waals surface area (Å²) in [4.78, 5) is 26.2. The standard InChI is InChI=1S/C31H44N4O5/c1-20-25-8-9-27-24-7-5-21-17-22(11-13-30(21,2)26(24)12-14-31(25,27)19-33(20)4)32(3)15-16-40-29-10-6-23(34(36)37)18-28(29)35(38)39/h5-6,10,18,20,22,24-27H,7-9,11-17,19H2,1-4H3/t20-,22-,24+,25+,26-,27-,30-,31-/m0/s1. The minimum Gasteiger partial charge on any atom is -0.485 e. The molecule has 6 rings (SSSR count). The first-order valence-electron chi connectivity index (χ1n) is 15.2. The molecule has 5 aliphatic rings. The van der Waals surface area contributed by atoms with Crippen LogP contribution in [-0.2, 0) is 0 Å². The summed E-state index contributed by atoms with van der Waals surface area (Å²) >= 11 is 0. The normalized spacial score (nSPS) is 38.7. The zero-order valence-electron chi connectivity index (χ0n) is 24.4. The molecule has 0 aromatic heterocycles. The predicted molar refractivity (Wildman–Crippen MR) is 153 cm³/mol. The molecule has 4 fully saturated rings. The fourth-order valence-corrected chi connectivity index (χ4v) is 10.2. The number of ether oxygens (including phenoxy) is 1. The van der Waals surface area contributed by atoms with Crippen LogP contribution in [0.4, 0.5) is 11.4 Å². The monoisotopic (exact) mass is 552 g/mol. The van der Waals surface area contributed by atoms with Crippen LogP contribution in [0.5, 0.6) is 5.75 Å². The Balaban J connectivity index is 1.09. The summed E-state index contributed by atoms with van der Waals surface area (Å²) in [5.41, 5.74) is 1.86. The van der Waals surface area contributed by atoms with Gasteiger partial charge in [0.15, 0.2) is 5.75 Å². The van der Waals surface area contributed by atoms with Gasteiger partial charge in [-0.05, 0) is 113 Å². The van der Waals surface area contributed by atoms with Crippen molar-refractivity contribution in [3.05, 3.63) is 50.1 Å². The number of rotatable bonds is 7. The van der Waals surface area contributed by atoms with Crippen molar-refractivity contribution in [2.24, 2.45) is 34.5 Å². The minimum absolute atomic E-state index is 0.0772. The van der Waals surface area contributed by atoms with Crippen molar-refractivity contribution in [3.63, 3.8) is 0 Å². The van der Waals surface area contributed by atoms with E-state index in [4.69, 9.17) is 4.74 Å². The Bertz CT molecular complexity index is 1220. The summed E-state index contributed by atoms with van der Waals surface area (Å²) < 4.78 is 5.76. The van der Waals surface area contributed by atoms with E-state index in [1.54, 1.807) is 5.57 Å². The molecule has 1 aromatic carbocycles. The number of likely N-dealkylation sites (N-methyl/N-ethyl adjacent to an activating group) is 1. The van der Waals surface area contributed by atoms with Crippen molar-refractivity contribution < 1.29 is 14.6 Å². The quantitative estimate of drug-likeness (QED) is 0.230. The Morgan fingerprint density at radius 1 is 1.07 bits per heavy atom. The molecule has 1 saturated heterocycles. The first-order valence-corrected chi connectivity index (χ1v) is 15.2. The van der Waals surface area contributed by atoms with E-state index in [9.17, 15) is 20.2 Å². The van der Waals surface area contributed by atoms with Crippen molar-refractivity contribution in [3.8, 4) is 5.75 Å². The van der Waals surface area contributed by atoms with Gasteiger partial charge in [-0.1, -0.05) is 18.6 Å². The zero-order chi connectivity index (χ0) is 28.4. The number of nitro benzene ring substituents is 2. The molecule has 0 unspecified atom stereocenters. The maximum atomic E-state index is 11.4. The van der Waals surface area contributed by atoms with Crippen LogP contribution in [0.2, 0.25) is 0 Å². The van der Waals surface area contributed by atoms with E-state index in [0.717, 1.165) is 48.6 Å². The van der Waals surface area contributed by atoms with Crippen LogP contribution in [0.3, 0.4) is 0 Å². The summed E-state index contributed by atoms with van der Waals surface area (Å²) in [5.74, 6) is 3.50. The van der Waals surface area contributed by atoms with Crippen LogP contribution in [-0.4, -0.2) is 65.5 Å². The number of hydrogen-bond acceptors (Lipinski definition) is 7. The topological polar surface area (TPSA) is 102 Å². The van der Waals surface area contributed by atoms with Crippen LogP contribution < -0.4 is 4.74 Å². The van der Waals surface area contributed by atoms with Crippen molar-refractivity contribution in [1.29, 1.82) is 0 Å². The fraction of sp³-hybridized carbons (Fsp3) is 0.742. The number of allylic oxidation sites excluding steroid dienone is 1. The average molecular weight is 553 g/mol. The highest BCUT2D eigenvalue weighted by molar-refractivity contribution is 5.53. The Morgan fingerprint density at radius 2 is 1.85 bits per heavy atom. The number of hydrogen-bond donors (Lipinski definition) is 0. The molecule has 0 radical (unpaired) electrons. The van der Waals surface area contributed by atoms with Gasteiger partial charge in [-0.15, -0.1) is 0 Å².